The van der Waals surface area contributed by atoms with Gasteiger partial charge in [0.15, 0.2) is 8.32 Å². The van der Waals surface area contributed by atoms with E-state index in [9.17, 15) is 0 Å². The summed E-state index contributed by atoms with van der Waals surface area (Å²) in [5.41, 5.74) is 0. The van der Waals surface area contributed by atoms with Crippen molar-refractivity contribution >= 4 is 8.32 Å². The minimum atomic E-state index is -1.78. The molecule has 0 N–H and O–H groups in total. The fourth-order valence-corrected chi connectivity index (χ4v) is 4.12. The molecule has 1 rings (SSSR count). The van der Waals surface area contributed by atoms with E-state index in [1.165, 1.54) is 0 Å². The number of rotatable bonds is 9. The molecule has 0 aliphatic carbocycles. The Morgan fingerprint density at radius 3 is 2.36 bits per heavy atom. The maximum Gasteiger partial charge on any atom is 0.192 e. The van der Waals surface area contributed by atoms with Gasteiger partial charge in [-0.05, 0) is 18.1 Å². The Balaban J connectivity index is 2.69. The van der Waals surface area contributed by atoms with E-state index >= 15 is 0 Å². The van der Waals surface area contributed by atoms with Crippen LogP contribution in [0.3, 0.4) is 0 Å². The van der Waals surface area contributed by atoms with E-state index in [1.54, 1.807) is 14.2 Å². The first-order valence-electron chi connectivity index (χ1n) is 9.42. The molecule has 5 nitrogen and oxygen atoms in total. The molecule has 0 saturated carbocycles. The van der Waals surface area contributed by atoms with Gasteiger partial charge >= 0.3 is 0 Å². The van der Waals surface area contributed by atoms with Crippen LogP contribution in [-0.2, 0) is 23.4 Å². The Morgan fingerprint density at radius 1 is 1.20 bits per heavy atom. The first kappa shape index (κ1) is 23.1. The second-order valence-electron chi connectivity index (χ2n) is 8.92. The predicted molar refractivity (Wildman–Crippen MR) is 103 cm³/mol. The van der Waals surface area contributed by atoms with E-state index < -0.39 is 8.32 Å². The minimum Gasteiger partial charge on any atom is -0.414 e. The van der Waals surface area contributed by atoms with Crippen molar-refractivity contribution in [2.75, 3.05) is 34.2 Å². The fourth-order valence-electron chi connectivity index (χ4n) is 3.09. The van der Waals surface area contributed by atoms with Crippen LogP contribution in [0.15, 0.2) is 0 Å². The van der Waals surface area contributed by atoms with E-state index in [4.69, 9.17) is 23.4 Å². The molecule has 0 spiro atoms. The molecule has 0 aromatic carbocycles. The lowest BCUT2D eigenvalue weighted by Crippen LogP contribution is -2.50. The van der Waals surface area contributed by atoms with Crippen LogP contribution in [-0.4, -0.2) is 60.9 Å². The molecular weight excluding hydrogens is 336 g/mol. The number of ether oxygens (including phenoxy) is 4. The SMILES string of the molecule is COCOC[C@H](C)[C@@H]1O[C@H](CO[Si](C)(C)C(C)(C)C)C[C@H](OC)[C@H]1C. The highest BCUT2D eigenvalue weighted by Crippen LogP contribution is 2.38. The third-order valence-corrected chi connectivity index (χ3v) is 10.3. The van der Waals surface area contributed by atoms with E-state index in [-0.39, 0.29) is 29.3 Å². The van der Waals surface area contributed by atoms with Gasteiger partial charge in [-0.2, -0.15) is 0 Å². The topological polar surface area (TPSA) is 46.2 Å². The molecule has 1 heterocycles. The zero-order valence-electron chi connectivity index (χ0n) is 17.8. The zero-order valence-corrected chi connectivity index (χ0v) is 18.8. The molecule has 5 atom stereocenters. The molecule has 6 heteroatoms. The van der Waals surface area contributed by atoms with E-state index in [0.717, 1.165) is 6.42 Å². The maximum atomic E-state index is 6.43. The molecule has 25 heavy (non-hydrogen) atoms. The molecule has 1 aliphatic heterocycles. The number of hydrogen-bond donors (Lipinski definition) is 0. The summed E-state index contributed by atoms with van der Waals surface area (Å²) in [6, 6.07) is 0. The summed E-state index contributed by atoms with van der Waals surface area (Å²) in [5.74, 6) is 0.605. The molecule has 0 radical (unpaired) electrons. The highest BCUT2D eigenvalue weighted by molar-refractivity contribution is 6.74. The second-order valence-corrected chi connectivity index (χ2v) is 13.7. The van der Waals surface area contributed by atoms with Crippen molar-refractivity contribution in [2.24, 2.45) is 11.8 Å². The lowest BCUT2D eigenvalue weighted by molar-refractivity contribution is -0.176. The van der Waals surface area contributed by atoms with Crippen LogP contribution in [0.25, 0.3) is 0 Å². The van der Waals surface area contributed by atoms with Gasteiger partial charge in [0, 0.05) is 32.5 Å². The van der Waals surface area contributed by atoms with E-state index in [1.807, 2.05) is 0 Å². The summed E-state index contributed by atoms with van der Waals surface area (Å²) < 4.78 is 29.1. The van der Waals surface area contributed by atoms with Crippen molar-refractivity contribution < 1.29 is 23.4 Å². The van der Waals surface area contributed by atoms with Crippen LogP contribution in [0.5, 0.6) is 0 Å². The number of methoxy groups -OCH3 is 2. The summed E-state index contributed by atoms with van der Waals surface area (Å²) in [4.78, 5) is 0. The van der Waals surface area contributed by atoms with Crippen LogP contribution in [0.2, 0.25) is 18.1 Å². The molecule has 1 fully saturated rings. The van der Waals surface area contributed by atoms with Crippen LogP contribution < -0.4 is 0 Å². The van der Waals surface area contributed by atoms with Gasteiger partial charge in [0.25, 0.3) is 0 Å². The molecule has 1 saturated heterocycles. The monoisotopic (exact) mass is 376 g/mol. The summed E-state index contributed by atoms with van der Waals surface area (Å²) in [5, 5.41) is 0.205. The highest BCUT2D eigenvalue weighted by Gasteiger charge is 2.41. The van der Waals surface area contributed by atoms with Gasteiger partial charge in [-0.25, -0.2) is 0 Å². The zero-order chi connectivity index (χ0) is 19.3. The summed E-state index contributed by atoms with van der Waals surface area (Å²) in [6.07, 6.45) is 1.25. The third-order valence-electron chi connectivity index (χ3n) is 5.83. The van der Waals surface area contributed by atoms with Gasteiger partial charge in [0.2, 0.25) is 0 Å². The minimum absolute atomic E-state index is 0.0742. The van der Waals surface area contributed by atoms with Crippen molar-refractivity contribution in [2.45, 2.75) is 77.5 Å². The summed E-state index contributed by atoms with van der Waals surface area (Å²) in [6.45, 7) is 17.3. The second kappa shape index (κ2) is 9.81. The molecule has 0 aromatic heterocycles. The molecule has 0 amide bonds. The number of hydrogen-bond acceptors (Lipinski definition) is 5. The van der Waals surface area contributed by atoms with Gasteiger partial charge in [0.05, 0.1) is 31.5 Å². The lowest BCUT2D eigenvalue weighted by atomic mass is 9.84. The third kappa shape index (κ3) is 6.59. The predicted octanol–water partition coefficient (Wildman–Crippen LogP) is 4.07. The van der Waals surface area contributed by atoms with Gasteiger partial charge < -0.3 is 23.4 Å². The Kier molecular flexibility index (Phi) is 9.05. The molecule has 0 unspecified atom stereocenters. The molecule has 150 valence electrons. The summed E-state index contributed by atoms with van der Waals surface area (Å²) >= 11 is 0. The first-order valence-corrected chi connectivity index (χ1v) is 12.3. The van der Waals surface area contributed by atoms with Crippen molar-refractivity contribution in [3.8, 4) is 0 Å². The van der Waals surface area contributed by atoms with Crippen molar-refractivity contribution in [1.82, 2.24) is 0 Å². The van der Waals surface area contributed by atoms with Gasteiger partial charge in [-0.3, -0.25) is 0 Å². The molecule has 1 aliphatic rings. The van der Waals surface area contributed by atoms with Crippen LogP contribution >= 0.6 is 0 Å². The van der Waals surface area contributed by atoms with E-state index in [0.29, 0.717) is 25.9 Å². The Labute approximate surface area is 155 Å². The normalized spacial score (nSPS) is 29.6. The lowest BCUT2D eigenvalue weighted by Gasteiger charge is -2.44. The van der Waals surface area contributed by atoms with Gasteiger partial charge in [0.1, 0.15) is 6.79 Å². The maximum absolute atomic E-state index is 6.43. The van der Waals surface area contributed by atoms with Crippen molar-refractivity contribution in [3.63, 3.8) is 0 Å². The Bertz CT molecular complexity index is 383. The van der Waals surface area contributed by atoms with Crippen LogP contribution in [0, 0.1) is 11.8 Å². The average Bonchev–Trinajstić information content (AvgIpc) is 2.52. The molecule has 0 bridgehead atoms. The average molecular weight is 377 g/mol. The van der Waals surface area contributed by atoms with Gasteiger partial charge in [-0.15, -0.1) is 0 Å². The van der Waals surface area contributed by atoms with Crippen LogP contribution in [0.4, 0.5) is 0 Å². The quantitative estimate of drug-likeness (QED) is 0.345. The molecular formula is C19H40O5Si. The van der Waals surface area contributed by atoms with Crippen molar-refractivity contribution in [1.29, 1.82) is 0 Å². The highest BCUT2D eigenvalue weighted by atomic mass is 28.4. The Morgan fingerprint density at radius 2 is 1.84 bits per heavy atom. The fraction of sp³-hybridized carbons (Fsp3) is 1.00. The van der Waals surface area contributed by atoms with Gasteiger partial charge in [-0.1, -0.05) is 34.6 Å². The summed E-state index contributed by atoms with van der Waals surface area (Å²) in [7, 11) is 1.66. The smallest absolute Gasteiger partial charge is 0.192 e. The first-order chi connectivity index (χ1) is 11.5. The van der Waals surface area contributed by atoms with Crippen molar-refractivity contribution in [3.05, 3.63) is 0 Å². The Hall–Kier alpha value is 0.0169. The van der Waals surface area contributed by atoms with Crippen LogP contribution in [0.1, 0.15) is 41.0 Å². The largest absolute Gasteiger partial charge is 0.414 e. The molecule has 0 aromatic rings. The van der Waals surface area contributed by atoms with E-state index in [2.05, 4.69) is 47.7 Å². The standard InChI is InChI=1S/C19H40O5Si/c1-14(11-22-13-20-6)18-15(2)17(21-7)10-16(24-18)12-23-25(8,9)19(3,4)5/h14-18H,10-13H2,1-9H3/t14-,15+,16-,17-,18-/m0/s1.